The van der Waals surface area contributed by atoms with Crippen molar-refractivity contribution in [1.82, 2.24) is 0 Å². The van der Waals surface area contributed by atoms with Crippen LogP contribution in [0.4, 0.5) is 0 Å². The Morgan fingerprint density at radius 2 is 2.19 bits per heavy atom. The van der Waals surface area contributed by atoms with Crippen LogP contribution in [-0.2, 0) is 11.3 Å². The zero-order valence-corrected chi connectivity index (χ0v) is 9.84. The van der Waals surface area contributed by atoms with E-state index in [-0.39, 0.29) is 0 Å². The summed E-state index contributed by atoms with van der Waals surface area (Å²) in [5, 5.41) is 0.677. The Labute approximate surface area is 99.2 Å². The van der Waals surface area contributed by atoms with Gasteiger partial charge in [0, 0.05) is 23.1 Å². The van der Waals surface area contributed by atoms with E-state index in [1.54, 1.807) is 6.07 Å². The van der Waals surface area contributed by atoms with E-state index in [9.17, 15) is 0 Å². The van der Waals surface area contributed by atoms with Crippen LogP contribution in [0.5, 0.6) is 11.5 Å². The number of nitrogens with two attached hydrogens (primary N) is 1. The number of hydrogen-bond acceptors (Lipinski definition) is 4. The monoisotopic (exact) mass is 243 g/mol. The summed E-state index contributed by atoms with van der Waals surface area (Å²) < 4.78 is 11.1. The third kappa shape index (κ3) is 2.09. The smallest absolute Gasteiger partial charge is 0.164 e. The fourth-order valence-corrected chi connectivity index (χ4v) is 1.99. The first-order valence-electron chi connectivity index (χ1n) is 5.13. The minimum atomic E-state index is 0.428. The van der Waals surface area contributed by atoms with Gasteiger partial charge in [-0.2, -0.15) is 0 Å². The van der Waals surface area contributed by atoms with Crippen molar-refractivity contribution in [2.45, 2.75) is 13.3 Å². The molecule has 88 valence electrons. The van der Waals surface area contributed by atoms with Crippen molar-refractivity contribution < 1.29 is 14.3 Å². The molecule has 0 spiro atoms. The molecule has 0 saturated heterocycles. The summed E-state index contributed by atoms with van der Waals surface area (Å²) in [6.07, 6.45) is 0.661. The van der Waals surface area contributed by atoms with Gasteiger partial charge in [-0.25, -0.2) is 5.90 Å². The molecule has 0 atom stereocenters. The van der Waals surface area contributed by atoms with Gasteiger partial charge in [0.1, 0.15) is 13.2 Å². The van der Waals surface area contributed by atoms with Gasteiger partial charge in [0.15, 0.2) is 11.5 Å². The van der Waals surface area contributed by atoms with Gasteiger partial charge in [-0.05, 0) is 12.5 Å². The number of ether oxygens (including phenoxy) is 2. The average Bonchev–Trinajstić information content (AvgIpc) is 2.30. The SMILES string of the molecule is Cc1c(Cl)cc2c(c1CCON)OCCO2. The van der Waals surface area contributed by atoms with Gasteiger partial charge in [0.05, 0.1) is 6.61 Å². The molecular formula is C11H14ClNO3. The molecule has 1 aliphatic rings. The van der Waals surface area contributed by atoms with Crippen molar-refractivity contribution in [3.05, 3.63) is 22.2 Å². The first-order valence-corrected chi connectivity index (χ1v) is 5.51. The maximum absolute atomic E-state index is 6.12. The lowest BCUT2D eigenvalue weighted by atomic mass is 10.0. The van der Waals surface area contributed by atoms with Crippen molar-refractivity contribution in [3.8, 4) is 11.5 Å². The Morgan fingerprint density at radius 1 is 1.44 bits per heavy atom. The second-order valence-electron chi connectivity index (χ2n) is 3.61. The van der Waals surface area contributed by atoms with E-state index in [1.807, 2.05) is 6.92 Å². The molecule has 0 saturated carbocycles. The summed E-state index contributed by atoms with van der Waals surface area (Å²) in [6, 6.07) is 1.79. The van der Waals surface area contributed by atoms with E-state index in [4.69, 9.17) is 27.0 Å². The molecule has 1 aromatic rings. The van der Waals surface area contributed by atoms with E-state index >= 15 is 0 Å². The molecule has 0 amide bonds. The molecule has 0 aromatic heterocycles. The molecule has 5 heteroatoms. The number of benzene rings is 1. The van der Waals surface area contributed by atoms with Crippen molar-refractivity contribution in [2.24, 2.45) is 5.90 Å². The third-order valence-corrected chi connectivity index (χ3v) is 3.02. The molecule has 1 aromatic carbocycles. The molecule has 2 N–H and O–H groups in total. The van der Waals surface area contributed by atoms with Gasteiger partial charge >= 0.3 is 0 Å². The van der Waals surface area contributed by atoms with Crippen LogP contribution in [0.15, 0.2) is 6.07 Å². The normalized spacial score (nSPS) is 13.9. The number of fused-ring (bicyclic) bond motifs is 1. The van der Waals surface area contributed by atoms with Gasteiger partial charge in [0.25, 0.3) is 0 Å². The van der Waals surface area contributed by atoms with Crippen LogP contribution in [0.1, 0.15) is 11.1 Å². The van der Waals surface area contributed by atoms with E-state index in [0.717, 1.165) is 16.9 Å². The van der Waals surface area contributed by atoms with Gasteiger partial charge < -0.3 is 14.3 Å². The lowest BCUT2D eigenvalue weighted by Crippen LogP contribution is -2.18. The predicted octanol–water partition coefficient (Wildman–Crippen LogP) is 1.85. The standard InChI is InChI=1S/C11H14ClNO3/c1-7-8(2-3-16-13)11-10(6-9(7)12)14-4-5-15-11/h6H,2-5,13H2,1H3. The molecule has 0 unspecified atom stereocenters. The Kier molecular flexibility index (Phi) is 3.53. The lowest BCUT2D eigenvalue weighted by Gasteiger charge is -2.23. The summed E-state index contributed by atoms with van der Waals surface area (Å²) in [5.41, 5.74) is 2.00. The molecule has 16 heavy (non-hydrogen) atoms. The first kappa shape index (κ1) is 11.5. The highest BCUT2D eigenvalue weighted by Crippen LogP contribution is 2.39. The minimum absolute atomic E-state index is 0.428. The second kappa shape index (κ2) is 4.91. The largest absolute Gasteiger partial charge is 0.486 e. The highest BCUT2D eigenvalue weighted by atomic mass is 35.5. The van der Waals surface area contributed by atoms with E-state index in [2.05, 4.69) is 4.84 Å². The van der Waals surface area contributed by atoms with Crippen molar-refractivity contribution in [2.75, 3.05) is 19.8 Å². The van der Waals surface area contributed by atoms with Crippen LogP contribution >= 0.6 is 11.6 Å². The Hall–Kier alpha value is -0.970. The highest BCUT2D eigenvalue weighted by Gasteiger charge is 2.20. The van der Waals surface area contributed by atoms with Crippen molar-refractivity contribution in [3.63, 3.8) is 0 Å². The van der Waals surface area contributed by atoms with Crippen LogP contribution in [-0.4, -0.2) is 19.8 Å². The predicted molar refractivity (Wildman–Crippen MR) is 61.0 cm³/mol. The van der Waals surface area contributed by atoms with Gasteiger partial charge in [-0.15, -0.1) is 0 Å². The van der Waals surface area contributed by atoms with Crippen molar-refractivity contribution >= 4 is 11.6 Å². The quantitative estimate of drug-likeness (QED) is 0.824. The molecule has 0 aliphatic carbocycles. The highest BCUT2D eigenvalue weighted by molar-refractivity contribution is 6.31. The third-order valence-electron chi connectivity index (χ3n) is 2.62. The zero-order chi connectivity index (χ0) is 11.5. The second-order valence-corrected chi connectivity index (χ2v) is 4.01. The topological polar surface area (TPSA) is 53.7 Å². The Balaban J connectivity index is 2.41. The fourth-order valence-electron chi connectivity index (χ4n) is 1.77. The summed E-state index contributed by atoms with van der Waals surface area (Å²) in [6.45, 7) is 3.49. The molecule has 2 rings (SSSR count). The molecule has 0 fully saturated rings. The summed E-state index contributed by atoms with van der Waals surface area (Å²) in [5.74, 6) is 6.51. The number of halogens is 1. The first-order chi connectivity index (χ1) is 7.74. The van der Waals surface area contributed by atoms with Crippen LogP contribution in [0.2, 0.25) is 5.02 Å². The number of hydrogen-bond donors (Lipinski definition) is 1. The van der Waals surface area contributed by atoms with Crippen molar-refractivity contribution in [1.29, 1.82) is 0 Å². The molecular weight excluding hydrogens is 230 g/mol. The average molecular weight is 244 g/mol. The molecule has 0 bridgehead atoms. The zero-order valence-electron chi connectivity index (χ0n) is 9.09. The Morgan fingerprint density at radius 3 is 2.94 bits per heavy atom. The molecule has 1 heterocycles. The van der Waals surface area contributed by atoms with Gasteiger partial charge in [-0.3, -0.25) is 0 Å². The summed E-state index contributed by atoms with van der Waals surface area (Å²) in [4.78, 5) is 4.59. The van der Waals surface area contributed by atoms with Crippen LogP contribution in [0, 0.1) is 6.92 Å². The molecule has 4 nitrogen and oxygen atoms in total. The van der Waals surface area contributed by atoms with E-state index in [1.165, 1.54) is 0 Å². The number of rotatable bonds is 3. The van der Waals surface area contributed by atoms with Crippen LogP contribution in [0.25, 0.3) is 0 Å². The Bertz CT molecular complexity index is 395. The molecule has 0 radical (unpaired) electrons. The van der Waals surface area contributed by atoms with Gasteiger partial charge in [-0.1, -0.05) is 11.6 Å². The lowest BCUT2D eigenvalue weighted by molar-refractivity contribution is 0.137. The van der Waals surface area contributed by atoms with E-state index < -0.39 is 0 Å². The maximum Gasteiger partial charge on any atom is 0.164 e. The minimum Gasteiger partial charge on any atom is -0.486 e. The maximum atomic E-state index is 6.12. The van der Waals surface area contributed by atoms with Crippen LogP contribution < -0.4 is 15.4 Å². The van der Waals surface area contributed by atoms with E-state index in [0.29, 0.717) is 37.0 Å². The summed E-state index contributed by atoms with van der Waals surface area (Å²) >= 11 is 6.12. The molecule has 1 aliphatic heterocycles. The van der Waals surface area contributed by atoms with Gasteiger partial charge in [0.2, 0.25) is 0 Å². The summed E-state index contributed by atoms with van der Waals surface area (Å²) in [7, 11) is 0. The fraction of sp³-hybridized carbons (Fsp3) is 0.455. The van der Waals surface area contributed by atoms with Crippen LogP contribution in [0.3, 0.4) is 0 Å².